The number of guanidine groups is 1. The summed E-state index contributed by atoms with van der Waals surface area (Å²) in [5, 5.41) is 6.25. The Hall–Kier alpha value is -2.18. The number of likely N-dealkylation sites (N-methyl/N-ethyl adjacent to an activating group) is 1. The molecule has 0 saturated heterocycles. The van der Waals surface area contributed by atoms with Crippen LogP contribution in [0.25, 0.3) is 0 Å². The van der Waals surface area contributed by atoms with Crippen molar-refractivity contribution >= 4 is 11.9 Å². The van der Waals surface area contributed by atoms with Gasteiger partial charge in [0.05, 0.1) is 6.04 Å². The van der Waals surface area contributed by atoms with Crippen LogP contribution in [-0.4, -0.2) is 43.4 Å². The fraction of sp³-hybridized carbons (Fsp3) is 0.500. The van der Waals surface area contributed by atoms with E-state index in [1.54, 1.807) is 21.0 Å². The van der Waals surface area contributed by atoms with Gasteiger partial charge >= 0.3 is 0 Å². The third-order valence-corrected chi connectivity index (χ3v) is 3.57. The number of aliphatic imine (C=N–C) groups is 1. The molecular weight excluding hydrogens is 302 g/mol. The second-order valence-corrected chi connectivity index (χ2v) is 5.90. The normalized spacial score (nSPS) is 16.0. The number of nitrogens with zero attached hydrogens (tertiary/aromatic N) is 2. The highest BCUT2D eigenvalue weighted by molar-refractivity contribution is 5.85. The minimum atomic E-state index is -0.611. The lowest BCUT2D eigenvalue weighted by Gasteiger charge is -2.19. The molecule has 0 aliphatic heterocycles. The van der Waals surface area contributed by atoms with Gasteiger partial charge < -0.3 is 15.5 Å². The Bertz CT molecular complexity index is 600. The lowest BCUT2D eigenvalue weighted by Crippen LogP contribution is -2.41. The van der Waals surface area contributed by atoms with Gasteiger partial charge in [0.2, 0.25) is 5.91 Å². The zero-order chi connectivity index (χ0) is 17.0. The topological polar surface area (TPSA) is 56.7 Å². The van der Waals surface area contributed by atoms with Crippen molar-refractivity contribution in [2.24, 2.45) is 4.99 Å². The number of rotatable bonds is 5. The van der Waals surface area contributed by atoms with Crippen LogP contribution in [-0.2, 0) is 4.79 Å². The average molecular weight is 324 g/mol. The molecule has 1 amide bonds. The van der Waals surface area contributed by atoms with Gasteiger partial charge in [-0.2, -0.15) is 0 Å². The summed E-state index contributed by atoms with van der Waals surface area (Å²) in [7, 11) is 3.32. The molecule has 0 bridgehead atoms. The molecule has 23 heavy (non-hydrogen) atoms. The summed E-state index contributed by atoms with van der Waals surface area (Å²) in [5.74, 6) is -0.887. The highest BCUT2D eigenvalue weighted by Gasteiger charge is 2.23. The van der Waals surface area contributed by atoms with Crippen LogP contribution in [0.2, 0.25) is 0 Å². The zero-order valence-corrected chi connectivity index (χ0v) is 13.6. The number of benzene rings is 1. The standard InChI is InChI=1S/C16H22F2N4O/c1-10(13-7-4-11(17)8-14(13)18)20-16(21-12-5-6-12)19-9-15(23)22(2)3/h4,7-8,10,12H,5-6,9H2,1-3H3,(H2,19,20,21)/t10-/m1/s1. The lowest BCUT2D eigenvalue weighted by atomic mass is 10.1. The molecule has 1 aliphatic rings. The second-order valence-electron chi connectivity index (χ2n) is 5.90. The van der Waals surface area contributed by atoms with E-state index in [1.165, 1.54) is 17.0 Å². The van der Waals surface area contributed by atoms with Crippen molar-refractivity contribution < 1.29 is 13.6 Å². The minimum absolute atomic E-state index is 0.00761. The first-order valence-corrected chi connectivity index (χ1v) is 7.59. The van der Waals surface area contributed by atoms with E-state index in [0.717, 1.165) is 18.9 Å². The summed E-state index contributed by atoms with van der Waals surface area (Å²) in [4.78, 5) is 17.4. The van der Waals surface area contributed by atoms with E-state index in [4.69, 9.17) is 0 Å². The molecule has 2 N–H and O–H groups in total. The molecule has 1 fully saturated rings. The predicted molar refractivity (Wildman–Crippen MR) is 85.1 cm³/mol. The fourth-order valence-corrected chi connectivity index (χ4v) is 1.98. The fourth-order valence-electron chi connectivity index (χ4n) is 1.98. The monoisotopic (exact) mass is 324 g/mol. The van der Waals surface area contributed by atoms with Gasteiger partial charge in [-0.1, -0.05) is 6.07 Å². The molecule has 1 aliphatic carbocycles. The Morgan fingerprint density at radius 3 is 2.65 bits per heavy atom. The first-order valence-electron chi connectivity index (χ1n) is 7.59. The van der Waals surface area contributed by atoms with Gasteiger partial charge in [-0.3, -0.25) is 4.79 Å². The largest absolute Gasteiger partial charge is 0.354 e. The first kappa shape index (κ1) is 17.2. The van der Waals surface area contributed by atoms with E-state index in [2.05, 4.69) is 15.6 Å². The number of halogens is 2. The summed E-state index contributed by atoms with van der Waals surface area (Å²) >= 11 is 0. The van der Waals surface area contributed by atoms with Crippen LogP contribution in [0.15, 0.2) is 23.2 Å². The molecule has 0 unspecified atom stereocenters. The maximum Gasteiger partial charge on any atom is 0.243 e. The summed E-state index contributed by atoms with van der Waals surface area (Å²) in [6.45, 7) is 1.77. The Balaban J connectivity index is 2.06. The Kier molecular flexibility index (Phi) is 5.52. The van der Waals surface area contributed by atoms with Crippen molar-refractivity contribution in [1.82, 2.24) is 15.5 Å². The Labute approximate surface area is 134 Å². The van der Waals surface area contributed by atoms with Gasteiger partial charge in [0.15, 0.2) is 5.96 Å². The highest BCUT2D eigenvalue weighted by atomic mass is 19.1. The molecule has 0 heterocycles. The van der Waals surface area contributed by atoms with Crippen LogP contribution in [0.3, 0.4) is 0 Å². The average Bonchev–Trinajstić information content (AvgIpc) is 3.27. The number of amides is 1. The highest BCUT2D eigenvalue weighted by Crippen LogP contribution is 2.20. The molecule has 1 atom stereocenters. The number of carbonyl (C=O) groups excluding carboxylic acids is 1. The molecule has 2 rings (SSSR count). The molecular formula is C16H22F2N4O. The smallest absolute Gasteiger partial charge is 0.243 e. The maximum absolute atomic E-state index is 13.8. The van der Waals surface area contributed by atoms with Crippen LogP contribution < -0.4 is 10.6 Å². The molecule has 0 radical (unpaired) electrons. The van der Waals surface area contributed by atoms with E-state index in [-0.39, 0.29) is 12.5 Å². The van der Waals surface area contributed by atoms with Crippen LogP contribution in [0.5, 0.6) is 0 Å². The van der Waals surface area contributed by atoms with Gasteiger partial charge in [0.1, 0.15) is 18.2 Å². The minimum Gasteiger partial charge on any atom is -0.354 e. The molecule has 1 aromatic carbocycles. The molecule has 0 aromatic heterocycles. The first-order chi connectivity index (χ1) is 10.9. The van der Waals surface area contributed by atoms with Crippen LogP contribution in [0, 0.1) is 11.6 Å². The maximum atomic E-state index is 13.8. The van der Waals surface area contributed by atoms with Crippen molar-refractivity contribution in [3.8, 4) is 0 Å². The Morgan fingerprint density at radius 2 is 2.09 bits per heavy atom. The van der Waals surface area contributed by atoms with Gasteiger partial charge in [-0.15, -0.1) is 0 Å². The number of hydrogen-bond donors (Lipinski definition) is 2. The van der Waals surface area contributed by atoms with Crippen LogP contribution >= 0.6 is 0 Å². The number of carbonyl (C=O) groups is 1. The summed E-state index contributed by atoms with van der Waals surface area (Å²) in [6.07, 6.45) is 2.09. The van der Waals surface area contributed by atoms with E-state index in [9.17, 15) is 13.6 Å². The molecule has 126 valence electrons. The summed E-state index contributed by atoms with van der Waals surface area (Å²) < 4.78 is 26.8. The summed E-state index contributed by atoms with van der Waals surface area (Å²) in [6, 6.07) is 3.41. The number of hydrogen-bond acceptors (Lipinski definition) is 2. The Morgan fingerprint density at radius 1 is 1.39 bits per heavy atom. The van der Waals surface area contributed by atoms with Crippen LogP contribution in [0.1, 0.15) is 31.4 Å². The molecule has 5 nitrogen and oxygen atoms in total. The quantitative estimate of drug-likeness (QED) is 0.641. The van der Waals surface area contributed by atoms with Crippen LogP contribution in [0.4, 0.5) is 8.78 Å². The summed E-state index contributed by atoms with van der Waals surface area (Å²) in [5.41, 5.74) is 0.343. The third kappa shape index (κ3) is 5.19. The molecule has 0 spiro atoms. The van der Waals surface area contributed by atoms with Crippen molar-refractivity contribution in [2.75, 3.05) is 20.6 Å². The van der Waals surface area contributed by atoms with E-state index < -0.39 is 17.7 Å². The van der Waals surface area contributed by atoms with Crippen molar-refractivity contribution in [3.05, 3.63) is 35.4 Å². The molecule has 1 aromatic rings. The second kappa shape index (κ2) is 7.39. The van der Waals surface area contributed by atoms with Crippen molar-refractivity contribution in [3.63, 3.8) is 0 Å². The number of nitrogens with one attached hydrogen (secondary N) is 2. The third-order valence-electron chi connectivity index (χ3n) is 3.57. The molecule has 1 saturated carbocycles. The van der Waals surface area contributed by atoms with Gasteiger partial charge in [-0.05, 0) is 25.8 Å². The van der Waals surface area contributed by atoms with E-state index in [1.807, 2.05) is 0 Å². The van der Waals surface area contributed by atoms with E-state index in [0.29, 0.717) is 17.6 Å². The molecule has 7 heteroatoms. The van der Waals surface area contributed by atoms with Gasteiger partial charge in [0.25, 0.3) is 0 Å². The van der Waals surface area contributed by atoms with Gasteiger partial charge in [-0.25, -0.2) is 13.8 Å². The zero-order valence-electron chi connectivity index (χ0n) is 13.6. The van der Waals surface area contributed by atoms with Crippen molar-refractivity contribution in [1.29, 1.82) is 0 Å². The van der Waals surface area contributed by atoms with Crippen molar-refractivity contribution in [2.45, 2.75) is 31.8 Å². The lowest BCUT2D eigenvalue weighted by molar-refractivity contribution is -0.127. The van der Waals surface area contributed by atoms with Gasteiger partial charge in [0, 0.05) is 31.8 Å². The predicted octanol–water partition coefficient (Wildman–Crippen LogP) is 1.81. The SMILES string of the molecule is C[C@@H](NC(=NCC(=O)N(C)C)NC1CC1)c1ccc(F)cc1F. The van der Waals surface area contributed by atoms with E-state index >= 15 is 0 Å².